The lowest BCUT2D eigenvalue weighted by Gasteiger charge is -2.25. The molecule has 2 aromatic carbocycles. The summed E-state index contributed by atoms with van der Waals surface area (Å²) in [5, 5.41) is 18.6. The number of carbonyl (C=O) groups is 2. The number of amides is 1. The highest BCUT2D eigenvalue weighted by Gasteiger charge is 2.34. The average Bonchev–Trinajstić information content (AvgIpc) is 3.06. The number of hydrogen-bond acceptors (Lipinski definition) is 3. The van der Waals surface area contributed by atoms with Crippen molar-refractivity contribution in [2.24, 2.45) is 0 Å². The van der Waals surface area contributed by atoms with E-state index in [-0.39, 0.29) is 23.9 Å². The Morgan fingerprint density at radius 2 is 1.80 bits per heavy atom. The fourth-order valence-electron chi connectivity index (χ4n) is 3.37. The van der Waals surface area contributed by atoms with Gasteiger partial charge in [0.25, 0.3) is 0 Å². The summed E-state index contributed by atoms with van der Waals surface area (Å²) >= 11 is 0. The molecule has 3 aromatic rings. The standard InChI is InChI=1S/C19H15N3O3/c23-15-10-14(16-17(19(24)25)21-22-18(16)20-15)13-9-5-4-8-12(13)11-6-2-1-3-7-11/h1-9,14H,10H2,(H,24,25)(H2,20,21,22,23)/t14-/m1/s1. The van der Waals surface area contributed by atoms with Gasteiger partial charge in [0.1, 0.15) is 5.69 Å². The molecule has 3 N–H and O–H groups in total. The number of hydrogen-bond donors (Lipinski definition) is 3. The molecular formula is C19H15N3O3. The van der Waals surface area contributed by atoms with E-state index in [0.29, 0.717) is 11.4 Å². The first-order chi connectivity index (χ1) is 12.1. The average molecular weight is 333 g/mol. The van der Waals surface area contributed by atoms with E-state index in [4.69, 9.17) is 0 Å². The van der Waals surface area contributed by atoms with Crippen LogP contribution < -0.4 is 5.32 Å². The first kappa shape index (κ1) is 15.1. The number of carboxylic acids is 1. The van der Waals surface area contributed by atoms with Crippen molar-refractivity contribution >= 4 is 17.7 Å². The Morgan fingerprint density at radius 1 is 1.08 bits per heavy atom. The highest BCUT2D eigenvalue weighted by atomic mass is 16.4. The van der Waals surface area contributed by atoms with Gasteiger partial charge in [-0.2, -0.15) is 5.10 Å². The number of H-pyrrole nitrogens is 1. The van der Waals surface area contributed by atoms with Crippen LogP contribution in [0.15, 0.2) is 54.6 Å². The number of carboxylic acid groups (broad SMARTS) is 1. The number of aromatic amines is 1. The lowest BCUT2D eigenvalue weighted by atomic mass is 9.82. The van der Waals surface area contributed by atoms with Crippen molar-refractivity contribution in [1.82, 2.24) is 10.2 Å². The number of aromatic nitrogens is 2. The summed E-state index contributed by atoms with van der Waals surface area (Å²) in [6.45, 7) is 0. The van der Waals surface area contributed by atoms with Crippen LogP contribution in [-0.2, 0) is 4.79 Å². The molecule has 0 fully saturated rings. The third-order valence-corrected chi connectivity index (χ3v) is 4.43. The molecule has 0 unspecified atom stereocenters. The predicted molar refractivity (Wildman–Crippen MR) is 92.5 cm³/mol. The topological polar surface area (TPSA) is 95.1 Å². The van der Waals surface area contributed by atoms with Crippen LogP contribution in [0.1, 0.15) is 34.0 Å². The lowest BCUT2D eigenvalue weighted by Crippen LogP contribution is -2.24. The van der Waals surface area contributed by atoms with Crippen LogP contribution >= 0.6 is 0 Å². The Labute approximate surface area is 143 Å². The number of rotatable bonds is 3. The van der Waals surface area contributed by atoms with E-state index in [1.165, 1.54) is 0 Å². The minimum atomic E-state index is -1.09. The highest BCUT2D eigenvalue weighted by molar-refractivity contribution is 5.98. The normalized spacial score (nSPS) is 16.2. The summed E-state index contributed by atoms with van der Waals surface area (Å²) in [5.74, 6) is -1.34. The molecule has 0 aliphatic carbocycles. The Hall–Kier alpha value is -3.41. The summed E-state index contributed by atoms with van der Waals surface area (Å²) in [4.78, 5) is 23.7. The molecule has 0 spiro atoms. The van der Waals surface area contributed by atoms with Crippen molar-refractivity contribution in [3.8, 4) is 11.1 Å². The summed E-state index contributed by atoms with van der Waals surface area (Å²) in [7, 11) is 0. The SMILES string of the molecule is O=C1C[C@H](c2ccccc2-c2ccccc2)c2c(n[nH]c2C(=O)O)N1. The second-order valence-electron chi connectivity index (χ2n) is 5.92. The quantitative estimate of drug-likeness (QED) is 0.685. The Morgan fingerprint density at radius 3 is 2.56 bits per heavy atom. The predicted octanol–water partition coefficient (Wildman–Crippen LogP) is 3.25. The van der Waals surface area contributed by atoms with Crippen LogP contribution in [0.25, 0.3) is 11.1 Å². The first-order valence-corrected chi connectivity index (χ1v) is 7.91. The molecule has 1 atom stereocenters. The molecule has 4 rings (SSSR count). The molecule has 0 saturated carbocycles. The van der Waals surface area contributed by atoms with Crippen molar-refractivity contribution in [2.45, 2.75) is 12.3 Å². The van der Waals surface area contributed by atoms with E-state index in [0.717, 1.165) is 16.7 Å². The fourth-order valence-corrected chi connectivity index (χ4v) is 3.37. The van der Waals surface area contributed by atoms with E-state index in [9.17, 15) is 14.7 Å². The third-order valence-electron chi connectivity index (χ3n) is 4.43. The van der Waals surface area contributed by atoms with Gasteiger partial charge in [-0.05, 0) is 16.7 Å². The van der Waals surface area contributed by atoms with Gasteiger partial charge in [-0.1, -0.05) is 54.6 Å². The molecule has 1 aliphatic heterocycles. The van der Waals surface area contributed by atoms with Crippen LogP contribution in [0.3, 0.4) is 0 Å². The maximum absolute atomic E-state index is 12.1. The molecule has 0 saturated heterocycles. The minimum Gasteiger partial charge on any atom is -0.477 e. The molecule has 0 radical (unpaired) electrons. The van der Waals surface area contributed by atoms with Gasteiger partial charge in [0.2, 0.25) is 5.91 Å². The number of fused-ring (bicyclic) bond motifs is 1. The minimum absolute atomic E-state index is 0.0165. The molecule has 0 bridgehead atoms. The molecule has 124 valence electrons. The fraction of sp³-hybridized carbons (Fsp3) is 0.105. The largest absolute Gasteiger partial charge is 0.477 e. The second-order valence-corrected chi connectivity index (χ2v) is 5.92. The van der Waals surface area contributed by atoms with Crippen LogP contribution in [-0.4, -0.2) is 27.2 Å². The molecular weight excluding hydrogens is 318 g/mol. The Bertz CT molecular complexity index is 963. The summed E-state index contributed by atoms with van der Waals surface area (Å²) in [5.41, 5.74) is 3.45. The zero-order valence-corrected chi connectivity index (χ0v) is 13.2. The van der Waals surface area contributed by atoms with E-state index in [1.807, 2.05) is 54.6 Å². The van der Waals surface area contributed by atoms with Gasteiger partial charge in [-0.15, -0.1) is 0 Å². The number of nitrogens with one attached hydrogen (secondary N) is 2. The van der Waals surface area contributed by atoms with Crippen molar-refractivity contribution in [1.29, 1.82) is 0 Å². The van der Waals surface area contributed by atoms with Gasteiger partial charge in [0.05, 0.1) is 0 Å². The zero-order valence-electron chi connectivity index (χ0n) is 13.2. The van der Waals surface area contributed by atoms with Crippen LogP contribution in [0.4, 0.5) is 5.82 Å². The third kappa shape index (κ3) is 2.57. The van der Waals surface area contributed by atoms with Gasteiger partial charge in [-0.25, -0.2) is 4.79 Å². The van der Waals surface area contributed by atoms with Gasteiger partial charge in [0.15, 0.2) is 5.82 Å². The smallest absolute Gasteiger partial charge is 0.354 e. The van der Waals surface area contributed by atoms with E-state index in [2.05, 4.69) is 15.5 Å². The Kier molecular flexibility index (Phi) is 3.57. The first-order valence-electron chi connectivity index (χ1n) is 7.91. The summed E-state index contributed by atoms with van der Waals surface area (Å²) < 4.78 is 0. The number of aromatic carboxylic acids is 1. The molecule has 1 aromatic heterocycles. The zero-order chi connectivity index (χ0) is 17.4. The molecule has 6 heteroatoms. The monoisotopic (exact) mass is 333 g/mol. The highest BCUT2D eigenvalue weighted by Crippen LogP contribution is 2.41. The number of benzene rings is 2. The Balaban J connectivity index is 1.91. The maximum Gasteiger partial charge on any atom is 0.354 e. The lowest BCUT2D eigenvalue weighted by molar-refractivity contribution is -0.116. The molecule has 25 heavy (non-hydrogen) atoms. The van der Waals surface area contributed by atoms with E-state index >= 15 is 0 Å². The van der Waals surface area contributed by atoms with Gasteiger partial charge in [0, 0.05) is 17.9 Å². The van der Waals surface area contributed by atoms with E-state index in [1.54, 1.807) is 0 Å². The van der Waals surface area contributed by atoms with E-state index < -0.39 is 5.97 Å². The van der Waals surface area contributed by atoms with Crippen LogP contribution in [0, 0.1) is 0 Å². The van der Waals surface area contributed by atoms with Gasteiger partial charge in [-0.3, -0.25) is 9.89 Å². The van der Waals surface area contributed by atoms with Crippen molar-refractivity contribution in [3.05, 3.63) is 71.4 Å². The van der Waals surface area contributed by atoms with Crippen LogP contribution in [0.5, 0.6) is 0 Å². The van der Waals surface area contributed by atoms with Crippen molar-refractivity contribution in [3.63, 3.8) is 0 Å². The van der Waals surface area contributed by atoms with Gasteiger partial charge < -0.3 is 10.4 Å². The van der Waals surface area contributed by atoms with Crippen molar-refractivity contribution in [2.75, 3.05) is 5.32 Å². The molecule has 6 nitrogen and oxygen atoms in total. The second kappa shape index (κ2) is 5.90. The number of nitrogens with zero attached hydrogens (tertiary/aromatic N) is 1. The molecule has 1 amide bonds. The number of carbonyl (C=O) groups excluding carboxylic acids is 1. The summed E-state index contributed by atoms with van der Waals surface area (Å²) in [6, 6.07) is 17.6. The van der Waals surface area contributed by atoms with Gasteiger partial charge >= 0.3 is 5.97 Å². The molecule has 1 aliphatic rings. The number of anilines is 1. The molecule has 2 heterocycles. The van der Waals surface area contributed by atoms with Crippen molar-refractivity contribution < 1.29 is 14.7 Å². The maximum atomic E-state index is 12.1. The summed E-state index contributed by atoms with van der Waals surface area (Å²) in [6.07, 6.45) is 0.177. The van der Waals surface area contributed by atoms with Crippen LogP contribution in [0.2, 0.25) is 0 Å².